The van der Waals surface area contributed by atoms with Gasteiger partial charge >= 0.3 is 11.8 Å². The number of nitrogens with zero attached hydrogens (tertiary/aromatic N) is 1. The van der Waals surface area contributed by atoms with Crippen molar-refractivity contribution in [2.24, 2.45) is 5.10 Å². The molecule has 0 saturated carbocycles. The predicted molar refractivity (Wildman–Crippen MR) is 131 cm³/mol. The summed E-state index contributed by atoms with van der Waals surface area (Å²) in [5.74, 6) is -1.43. The quantitative estimate of drug-likeness (QED) is 0.260. The molecule has 0 atom stereocenters. The number of amides is 3. The molecule has 3 aromatic rings. The molecule has 3 amide bonds. The molecular weight excluding hydrogens is 432 g/mol. The first kappa shape index (κ1) is 24.2. The molecule has 8 heteroatoms. The van der Waals surface area contributed by atoms with Gasteiger partial charge in [0.1, 0.15) is 5.75 Å². The zero-order valence-electron chi connectivity index (χ0n) is 18.8. The van der Waals surface area contributed by atoms with E-state index in [1.54, 1.807) is 24.3 Å². The number of hydrogen-bond donors (Lipinski definition) is 3. The van der Waals surface area contributed by atoms with Crippen molar-refractivity contribution in [2.75, 3.05) is 18.5 Å². The van der Waals surface area contributed by atoms with E-state index in [4.69, 9.17) is 4.74 Å². The Hall–Kier alpha value is -4.46. The maximum absolute atomic E-state index is 12.1. The number of benzene rings is 3. The number of hydrogen-bond acceptors (Lipinski definition) is 5. The standard InChI is InChI=1S/C26H26N4O4/c1-19-8-5-6-13-23(19)29-24(31)18-34-22-12-7-11-21(16-22)17-28-30-26(33)25(32)27-15-14-20-9-3-2-4-10-20/h2-13,16-17H,14-15,18H2,1H3,(H,27,32)(H,29,31)(H,30,33). The van der Waals surface area contributed by atoms with Gasteiger partial charge in [-0.2, -0.15) is 5.10 Å². The Balaban J connectivity index is 1.41. The van der Waals surface area contributed by atoms with E-state index in [1.807, 2.05) is 61.5 Å². The van der Waals surface area contributed by atoms with Gasteiger partial charge in [0.2, 0.25) is 0 Å². The highest BCUT2D eigenvalue weighted by Crippen LogP contribution is 2.14. The molecule has 0 spiro atoms. The first-order valence-corrected chi connectivity index (χ1v) is 10.7. The summed E-state index contributed by atoms with van der Waals surface area (Å²) in [5.41, 5.74) is 5.58. The molecular formula is C26H26N4O4. The second-order valence-corrected chi connectivity index (χ2v) is 7.41. The van der Waals surface area contributed by atoms with Gasteiger partial charge in [-0.3, -0.25) is 14.4 Å². The second-order valence-electron chi connectivity index (χ2n) is 7.41. The van der Waals surface area contributed by atoms with Crippen molar-refractivity contribution in [3.63, 3.8) is 0 Å². The summed E-state index contributed by atoms with van der Waals surface area (Å²) < 4.78 is 5.54. The number of carbonyl (C=O) groups excluding carboxylic acids is 3. The highest BCUT2D eigenvalue weighted by molar-refractivity contribution is 6.35. The van der Waals surface area contributed by atoms with Crippen LogP contribution in [-0.2, 0) is 20.8 Å². The van der Waals surface area contributed by atoms with Gasteiger partial charge in [-0.15, -0.1) is 0 Å². The topological polar surface area (TPSA) is 109 Å². The number of ether oxygens (including phenoxy) is 1. The number of carbonyl (C=O) groups is 3. The maximum atomic E-state index is 12.1. The molecule has 0 aliphatic carbocycles. The van der Waals surface area contributed by atoms with E-state index in [2.05, 4.69) is 21.2 Å². The Kier molecular flexibility index (Phi) is 8.92. The predicted octanol–water partition coefficient (Wildman–Crippen LogP) is 2.82. The second kappa shape index (κ2) is 12.5. The molecule has 3 N–H and O–H groups in total. The fourth-order valence-corrected chi connectivity index (χ4v) is 2.99. The van der Waals surface area contributed by atoms with Crippen molar-refractivity contribution in [1.29, 1.82) is 0 Å². The number of aryl methyl sites for hydroxylation is 1. The highest BCUT2D eigenvalue weighted by atomic mass is 16.5. The third-order valence-corrected chi connectivity index (χ3v) is 4.78. The van der Waals surface area contributed by atoms with Crippen molar-refractivity contribution < 1.29 is 19.1 Å². The van der Waals surface area contributed by atoms with E-state index in [9.17, 15) is 14.4 Å². The van der Waals surface area contributed by atoms with Crippen LogP contribution in [0, 0.1) is 6.92 Å². The lowest BCUT2D eigenvalue weighted by Gasteiger charge is -2.09. The van der Waals surface area contributed by atoms with Crippen LogP contribution in [0.1, 0.15) is 16.7 Å². The van der Waals surface area contributed by atoms with Crippen LogP contribution in [0.5, 0.6) is 5.75 Å². The lowest BCUT2D eigenvalue weighted by atomic mass is 10.1. The maximum Gasteiger partial charge on any atom is 0.329 e. The number of anilines is 1. The van der Waals surface area contributed by atoms with Crippen LogP contribution in [0.15, 0.2) is 84.0 Å². The lowest BCUT2D eigenvalue weighted by Crippen LogP contribution is -2.38. The molecule has 174 valence electrons. The summed E-state index contributed by atoms with van der Waals surface area (Å²) >= 11 is 0. The number of hydrazone groups is 1. The normalized spacial score (nSPS) is 10.5. The van der Waals surface area contributed by atoms with Crippen LogP contribution < -0.4 is 20.8 Å². The fraction of sp³-hybridized carbons (Fsp3) is 0.154. The Morgan fingerprint density at radius 1 is 0.912 bits per heavy atom. The number of rotatable bonds is 9. The minimum Gasteiger partial charge on any atom is -0.484 e. The molecule has 0 aliphatic heterocycles. The summed E-state index contributed by atoms with van der Waals surface area (Å²) in [7, 11) is 0. The molecule has 34 heavy (non-hydrogen) atoms. The average molecular weight is 459 g/mol. The fourth-order valence-electron chi connectivity index (χ4n) is 2.99. The van der Waals surface area contributed by atoms with Gasteiger partial charge in [0.15, 0.2) is 6.61 Å². The summed E-state index contributed by atoms with van der Waals surface area (Å²) in [4.78, 5) is 35.9. The van der Waals surface area contributed by atoms with E-state index in [1.165, 1.54) is 6.21 Å². The van der Waals surface area contributed by atoms with E-state index < -0.39 is 11.8 Å². The molecule has 0 saturated heterocycles. The summed E-state index contributed by atoms with van der Waals surface area (Å²) in [6.45, 7) is 2.10. The zero-order valence-corrected chi connectivity index (χ0v) is 18.8. The first-order valence-electron chi connectivity index (χ1n) is 10.7. The SMILES string of the molecule is Cc1ccccc1NC(=O)COc1cccc(C=NNC(=O)C(=O)NCCc2ccccc2)c1. The van der Waals surface area contributed by atoms with Crippen molar-refractivity contribution in [3.8, 4) is 5.75 Å². The monoisotopic (exact) mass is 458 g/mol. The van der Waals surface area contributed by atoms with Gasteiger partial charge in [0.05, 0.1) is 6.21 Å². The third-order valence-electron chi connectivity index (χ3n) is 4.78. The van der Waals surface area contributed by atoms with Crippen LogP contribution in [0.4, 0.5) is 5.69 Å². The molecule has 0 fully saturated rings. The van der Waals surface area contributed by atoms with Gasteiger partial charge < -0.3 is 15.4 Å². The van der Waals surface area contributed by atoms with E-state index in [-0.39, 0.29) is 12.5 Å². The minimum absolute atomic E-state index is 0.158. The Morgan fingerprint density at radius 2 is 1.68 bits per heavy atom. The molecule has 0 aliphatic rings. The van der Waals surface area contributed by atoms with Gasteiger partial charge in [-0.1, -0.05) is 60.7 Å². The largest absolute Gasteiger partial charge is 0.484 e. The number of para-hydroxylation sites is 1. The Bertz CT molecular complexity index is 1160. The van der Waals surface area contributed by atoms with Crippen molar-refractivity contribution >= 4 is 29.6 Å². The molecule has 0 heterocycles. The average Bonchev–Trinajstić information content (AvgIpc) is 2.85. The Labute approximate surface area is 198 Å². The molecule has 8 nitrogen and oxygen atoms in total. The van der Waals surface area contributed by atoms with Crippen molar-refractivity contribution in [2.45, 2.75) is 13.3 Å². The summed E-state index contributed by atoms with van der Waals surface area (Å²) in [6, 6.07) is 24.0. The van der Waals surface area contributed by atoms with Gasteiger partial charge in [0.25, 0.3) is 5.91 Å². The van der Waals surface area contributed by atoms with E-state index in [0.29, 0.717) is 24.3 Å². The van der Waals surface area contributed by atoms with Gasteiger partial charge in [-0.05, 0) is 48.2 Å². The molecule has 0 unspecified atom stereocenters. The summed E-state index contributed by atoms with van der Waals surface area (Å²) in [5, 5.41) is 9.17. The lowest BCUT2D eigenvalue weighted by molar-refractivity contribution is -0.139. The first-order chi connectivity index (χ1) is 16.5. The molecule has 0 aromatic heterocycles. The third kappa shape index (κ3) is 7.90. The van der Waals surface area contributed by atoms with Gasteiger partial charge in [-0.25, -0.2) is 5.43 Å². The van der Waals surface area contributed by atoms with Gasteiger partial charge in [0, 0.05) is 12.2 Å². The smallest absolute Gasteiger partial charge is 0.329 e. The van der Waals surface area contributed by atoms with Crippen LogP contribution >= 0.6 is 0 Å². The van der Waals surface area contributed by atoms with Crippen molar-refractivity contribution in [1.82, 2.24) is 10.7 Å². The Morgan fingerprint density at radius 3 is 2.47 bits per heavy atom. The van der Waals surface area contributed by atoms with Crippen LogP contribution in [0.2, 0.25) is 0 Å². The molecule has 3 aromatic carbocycles. The van der Waals surface area contributed by atoms with Crippen LogP contribution in [0.3, 0.4) is 0 Å². The highest BCUT2D eigenvalue weighted by Gasteiger charge is 2.11. The minimum atomic E-state index is -0.857. The summed E-state index contributed by atoms with van der Waals surface area (Å²) in [6.07, 6.45) is 2.01. The molecule has 0 radical (unpaired) electrons. The van der Waals surface area contributed by atoms with E-state index in [0.717, 1.165) is 16.8 Å². The van der Waals surface area contributed by atoms with Crippen LogP contribution in [-0.4, -0.2) is 37.1 Å². The zero-order chi connectivity index (χ0) is 24.2. The van der Waals surface area contributed by atoms with E-state index >= 15 is 0 Å². The number of nitrogens with one attached hydrogen (secondary N) is 3. The van der Waals surface area contributed by atoms with Crippen molar-refractivity contribution in [3.05, 3.63) is 95.6 Å². The molecule has 3 rings (SSSR count). The molecule has 0 bridgehead atoms. The van der Waals surface area contributed by atoms with Crippen LogP contribution in [0.25, 0.3) is 0 Å².